The molecule has 2 unspecified atom stereocenters. The number of hydrogen-bond acceptors (Lipinski definition) is 9. The lowest BCUT2D eigenvalue weighted by Crippen LogP contribution is -2.34. The van der Waals surface area contributed by atoms with E-state index in [2.05, 4.69) is 4.98 Å². The number of aromatic hydroxyl groups is 3. The van der Waals surface area contributed by atoms with Gasteiger partial charge in [0.1, 0.15) is 23.4 Å². The summed E-state index contributed by atoms with van der Waals surface area (Å²) in [6.45, 7) is 1.69. The number of aryl methyl sites for hydroxylation is 2. The zero-order valence-corrected chi connectivity index (χ0v) is 19.1. The van der Waals surface area contributed by atoms with Crippen molar-refractivity contribution in [1.29, 1.82) is 0 Å². The maximum absolute atomic E-state index is 13.9. The Morgan fingerprint density at radius 1 is 1.00 bits per heavy atom. The molecule has 3 aliphatic carbocycles. The minimum atomic E-state index is -1.85. The number of benzene rings is 2. The Labute approximate surface area is 202 Å². The summed E-state index contributed by atoms with van der Waals surface area (Å²) in [4.78, 5) is 54.8. The fourth-order valence-electron chi connectivity index (χ4n) is 6.09. The molecule has 2 atom stereocenters. The van der Waals surface area contributed by atoms with Gasteiger partial charge in [0.2, 0.25) is 5.78 Å². The van der Waals surface area contributed by atoms with Crippen molar-refractivity contribution >= 4 is 28.1 Å². The van der Waals surface area contributed by atoms with E-state index in [1.807, 2.05) is 0 Å². The van der Waals surface area contributed by atoms with Crippen LogP contribution in [0.25, 0.3) is 10.8 Å². The van der Waals surface area contributed by atoms with Gasteiger partial charge >= 0.3 is 0 Å². The van der Waals surface area contributed by atoms with Crippen molar-refractivity contribution in [3.63, 3.8) is 0 Å². The standard InChI is InChI=1S/C26H19NO9/c1-8-5-10-6-9-3-4-26(18(9)22(32)13(10)25(35)27-8)23(33)16-17(24(26)34)21(31)15-14(20(16)30)11(28)7-12(36-2)19(15)29/h5-7,23,30-33H,3-4H2,1-2H3,(H,27,35). The first-order valence-corrected chi connectivity index (χ1v) is 11.1. The molecule has 0 saturated carbocycles. The summed E-state index contributed by atoms with van der Waals surface area (Å²) in [5, 5.41) is 45.2. The van der Waals surface area contributed by atoms with Crippen molar-refractivity contribution in [3.8, 4) is 17.2 Å². The molecule has 0 saturated heterocycles. The number of carbonyl (C=O) groups is 3. The average Bonchev–Trinajstić information content (AvgIpc) is 3.31. The zero-order valence-electron chi connectivity index (χ0n) is 19.1. The molecule has 0 amide bonds. The van der Waals surface area contributed by atoms with E-state index in [0.717, 1.165) is 13.2 Å². The molecule has 0 aliphatic heterocycles. The second-order valence-electron chi connectivity index (χ2n) is 9.35. The van der Waals surface area contributed by atoms with Crippen LogP contribution < -0.4 is 5.56 Å². The number of ether oxygens (including phenoxy) is 1. The molecule has 182 valence electrons. The molecule has 5 N–H and O–H groups in total. The normalized spacial score (nSPS) is 22.1. The molecule has 1 aromatic heterocycles. The molecular formula is C26H19NO9. The van der Waals surface area contributed by atoms with Gasteiger partial charge in [0.05, 0.1) is 34.6 Å². The Morgan fingerprint density at radius 2 is 1.72 bits per heavy atom. The van der Waals surface area contributed by atoms with Crippen LogP contribution in [0.1, 0.15) is 66.0 Å². The van der Waals surface area contributed by atoms with Gasteiger partial charge in [-0.05, 0) is 36.8 Å². The number of aromatic amines is 1. The molecule has 3 aromatic rings. The number of aliphatic hydroxyl groups excluding tert-OH is 1. The number of aliphatic hydroxyl groups is 1. The summed E-state index contributed by atoms with van der Waals surface area (Å²) < 4.78 is 4.91. The first-order valence-electron chi connectivity index (χ1n) is 11.1. The van der Waals surface area contributed by atoms with Crippen molar-refractivity contribution in [1.82, 2.24) is 4.98 Å². The van der Waals surface area contributed by atoms with Crippen LogP contribution >= 0.6 is 0 Å². The lowest BCUT2D eigenvalue weighted by atomic mass is 9.75. The minimum Gasteiger partial charge on any atom is -0.507 e. The van der Waals surface area contributed by atoms with E-state index in [1.54, 1.807) is 19.1 Å². The Bertz CT molecular complexity index is 1710. The fraction of sp³-hybridized carbons (Fsp3) is 0.231. The van der Waals surface area contributed by atoms with E-state index in [0.29, 0.717) is 16.6 Å². The van der Waals surface area contributed by atoms with Crippen LogP contribution in [0.5, 0.6) is 17.2 Å². The summed E-state index contributed by atoms with van der Waals surface area (Å²) in [5.41, 5.74) is -3.39. The Hall–Kier alpha value is -4.44. The van der Waals surface area contributed by atoms with Gasteiger partial charge in [0, 0.05) is 22.9 Å². The monoisotopic (exact) mass is 489 g/mol. The first-order chi connectivity index (χ1) is 17.0. The van der Waals surface area contributed by atoms with Crippen molar-refractivity contribution in [3.05, 3.63) is 73.4 Å². The first kappa shape index (κ1) is 22.1. The second-order valence-corrected chi connectivity index (χ2v) is 9.35. The van der Waals surface area contributed by atoms with E-state index in [4.69, 9.17) is 4.74 Å². The van der Waals surface area contributed by atoms with Crippen LogP contribution in [-0.2, 0) is 16.6 Å². The van der Waals surface area contributed by atoms with E-state index >= 15 is 0 Å². The SMILES string of the molecule is COC1=CC(=O)c2c(O)c3c(c(O)c2C1=O)C(=O)C1(CCc2cc4cc(C)[nH]c(=O)c4c(O)c21)C3O. The number of nitrogens with one attached hydrogen (secondary N) is 1. The van der Waals surface area contributed by atoms with Crippen LogP contribution in [0.15, 0.2) is 28.8 Å². The maximum Gasteiger partial charge on any atom is 0.259 e. The smallest absolute Gasteiger partial charge is 0.259 e. The molecule has 10 nitrogen and oxygen atoms in total. The highest BCUT2D eigenvalue weighted by molar-refractivity contribution is 6.28. The van der Waals surface area contributed by atoms with Gasteiger partial charge < -0.3 is 30.1 Å². The number of aromatic nitrogens is 1. The van der Waals surface area contributed by atoms with Crippen LogP contribution in [0.3, 0.4) is 0 Å². The van der Waals surface area contributed by atoms with E-state index in [-0.39, 0.29) is 29.6 Å². The Balaban J connectivity index is 1.66. The summed E-state index contributed by atoms with van der Waals surface area (Å²) in [7, 11) is 1.15. The second kappa shape index (κ2) is 6.82. The number of carbonyl (C=O) groups excluding carboxylic acids is 3. The number of ketones is 3. The highest BCUT2D eigenvalue weighted by atomic mass is 16.5. The van der Waals surface area contributed by atoms with Crippen molar-refractivity contribution in [2.24, 2.45) is 0 Å². The molecule has 1 heterocycles. The molecule has 0 radical (unpaired) electrons. The molecule has 36 heavy (non-hydrogen) atoms. The molecule has 3 aliphatic rings. The molecular weight excluding hydrogens is 470 g/mol. The number of Topliss-reactive ketones (excluding diaryl/α,β-unsaturated/α-hetero) is 2. The van der Waals surface area contributed by atoms with E-state index in [9.17, 15) is 39.6 Å². The third kappa shape index (κ3) is 2.34. The van der Waals surface area contributed by atoms with Crippen LogP contribution in [0, 0.1) is 6.92 Å². The van der Waals surface area contributed by atoms with Gasteiger partial charge in [0.15, 0.2) is 17.3 Å². The van der Waals surface area contributed by atoms with Crippen LogP contribution in [0.4, 0.5) is 0 Å². The minimum absolute atomic E-state index is 0.00913. The molecule has 10 heteroatoms. The number of pyridine rings is 1. The molecule has 0 bridgehead atoms. The van der Waals surface area contributed by atoms with E-state index in [1.165, 1.54) is 0 Å². The average molecular weight is 489 g/mol. The highest BCUT2D eigenvalue weighted by Gasteiger charge is 2.61. The van der Waals surface area contributed by atoms with E-state index < -0.39 is 73.9 Å². The summed E-state index contributed by atoms with van der Waals surface area (Å²) in [6, 6.07) is 3.34. The summed E-state index contributed by atoms with van der Waals surface area (Å²) in [6.07, 6.45) is -0.687. The fourth-order valence-corrected chi connectivity index (χ4v) is 6.09. The maximum atomic E-state index is 13.9. The topological polar surface area (TPSA) is 174 Å². The Kier molecular flexibility index (Phi) is 4.18. The molecule has 2 aromatic carbocycles. The van der Waals surface area contributed by atoms with Gasteiger partial charge in [-0.3, -0.25) is 19.2 Å². The molecule has 6 rings (SSSR count). The van der Waals surface area contributed by atoms with Gasteiger partial charge in [-0.25, -0.2) is 0 Å². The zero-order chi connectivity index (χ0) is 25.8. The van der Waals surface area contributed by atoms with Gasteiger partial charge in [0.25, 0.3) is 5.56 Å². The number of hydrogen-bond donors (Lipinski definition) is 5. The van der Waals surface area contributed by atoms with Crippen LogP contribution in [-0.4, -0.2) is 49.9 Å². The number of H-pyrrole nitrogens is 1. The third-order valence-electron chi connectivity index (χ3n) is 7.59. The van der Waals surface area contributed by atoms with Gasteiger partial charge in [-0.15, -0.1) is 0 Å². The highest BCUT2D eigenvalue weighted by Crippen LogP contribution is 2.62. The number of phenolic OH excluding ortho intramolecular Hbond substituents is 3. The number of allylic oxidation sites excluding steroid dienone is 2. The lowest BCUT2D eigenvalue weighted by molar-refractivity contribution is 0.0627. The van der Waals surface area contributed by atoms with Gasteiger partial charge in [-0.1, -0.05) is 6.07 Å². The summed E-state index contributed by atoms with van der Waals surface area (Å²) >= 11 is 0. The summed E-state index contributed by atoms with van der Waals surface area (Å²) in [5.74, 6) is -5.13. The number of phenols is 3. The Morgan fingerprint density at radius 3 is 2.42 bits per heavy atom. The molecule has 1 spiro atoms. The quantitative estimate of drug-likeness (QED) is 0.320. The van der Waals surface area contributed by atoms with Crippen molar-refractivity contribution < 1.29 is 39.5 Å². The predicted octanol–water partition coefficient (Wildman–Crippen LogP) is 1.98. The number of methoxy groups -OCH3 is 1. The lowest BCUT2D eigenvalue weighted by Gasteiger charge is -2.28. The number of fused-ring (bicyclic) bond motifs is 5. The van der Waals surface area contributed by atoms with Crippen molar-refractivity contribution in [2.45, 2.75) is 31.3 Å². The third-order valence-corrected chi connectivity index (χ3v) is 7.59. The largest absolute Gasteiger partial charge is 0.507 e. The van der Waals surface area contributed by atoms with Gasteiger partial charge in [-0.2, -0.15) is 0 Å². The molecule has 0 fully saturated rings. The number of rotatable bonds is 1. The van der Waals surface area contributed by atoms with Crippen LogP contribution in [0.2, 0.25) is 0 Å². The van der Waals surface area contributed by atoms with Crippen molar-refractivity contribution in [2.75, 3.05) is 7.11 Å². The predicted molar refractivity (Wildman–Crippen MR) is 124 cm³/mol.